The van der Waals surface area contributed by atoms with Gasteiger partial charge in [-0.05, 0) is 6.08 Å². The molecule has 0 N–H and O–H groups in total. The second kappa shape index (κ2) is 1.60. The van der Waals surface area contributed by atoms with Gasteiger partial charge in [-0.2, -0.15) is 0 Å². The Bertz CT molecular complexity index is 65.5. The number of hydrogen-bond donors (Lipinski definition) is 0. The van der Waals surface area contributed by atoms with E-state index >= 15 is 0 Å². The maximum atomic E-state index is 4.53. The van der Waals surface area contributed by atoms with Crippen molar-refractivity contribution in [2.24, 2.45) is 4.99 Å². The van der Waals surface area contributed by atoms with Crippen LogP contribution in [0.2, 0.25) is 0 Å². The Labute approximate surface area is 36.1 Å². The smallest absolute Gasteiger partial charge is 0.176 e. The van der Waals surface area contributed by atoms with Crippen molar-refractivity contribution in [2.75, 3.05) is 0 Å². The first kappa shape index (κ1) is 3.40. The van der Waals surface area contributed by atoms with E-state index in [2.05, 4.69) is 16.3 Å². The zero-order valence-corrected chi connectivity index (χ0v) is 3.09. The van der Waals surface area contributed by atoms with Crippen LogP contribution >= 0.6 is 0 Å². The molecule has 0 amide bonds. The van der Waals surface area contributed by atoms with Crippen LogP contribution in [-0.4, -0.2) is 6.40 Å². The molecule has 0 aliphatic carbocycles. The Morgan fingerprint density at radius 2 is 2.67 bits per heavy atom. The van der Waals surface area contributed by atoms with Crippen molar-refractivity contribution in [1.82, 2.24) is 0 Å². The monoisotopic (exact) mass is 81.0 g/mol. The van der Waals surface area contributed by atoms with Crippen LogP contribution in [0, 0.1) is 6.54 Å². The van der Waals surface area contributed by atoms with Gasteiger partial charge in [0.05, 0.1) is 6.26 Å². The van der Waals surface area contributed by atoms with Gasteiger partial charge in [-0.1, -0.05) is 0 Å². The van der Waals surface area contributed by atoms with Crippen molar-refractivity contribution < 1.29 is 4.74 Å². The molecule has 1 aliphatic rings. The minimum atomic E-state index is 1.32. The van der Waals surface area contributed by atoms with E-state index in [4.69, 9.17) is 0 Å². The van der Waals surface area contributed by atoms with E-state index in [1.165, 1.54) is 12.7 Å². The molecule has 0 saturated heterocycles. The highest BCUT2D eigenvalue weighted by atomic mass is 16.5. The summed E-state index contributed by atoms with van der Waals surface area (Å²) in [4.78, 5) is 3.49. The van der Waals surface area contributed by atoms with Crippen molar-refractivity contribution in [3.8, 4) is 0 Å². The molecule has 2 nitrogen and oxygen atoms in total. The lowest BCUT2D eigenvalue weighted by Crippen LogP contribution is -1.80. The van der Waals surface area contributed by atoms with E-state index in [0.717, 1.165) is 0 Å². The average molecular weight is 81.1 g/mol. The van der Waals surface area contributed by atoms with Gasteiger partial charge in [-0.15, -0.1) is 0 Å². The summed E-state index contributed by atoms with van der Waals surface area (Å²) in [6.07, 6.45) is 4.42. The second-order valence-corrected chi connectivity index (χ2v) is 0.802. The molecule has 1 rings (SSSR count). The quantitative estimate of drug-likeness (QED) is 0.418. The molecule has 0 saturated carbocycles. The molecule has 1 aliphatic heterocycles. The van der Waals surface area contributed by atoms with Crippen LogP contribution in [0.15, 0.2) is 17.3 Å². The van der Waals surface area contributed by atoms with Crippen molar-refractivity contribution in [3.05, 3.63) is 18.9 Å². The first-order valence-corrected chi connectivity index (χ1v) is 1.58. The minimum absolute atomic E-state index is 1.32. The van der Waals surface area contributed by atoms with Gasteiger partial charge in [0.1, 0.15) is 6.54 Å². The van der Waals surface area contributed by atoms with Crippen molar-refractivity contribution in [3.63, 3.8) is 0 Å². The first-order chi connectivity index (χ1) is 3.00. The fraction of sp³-hybridized carbons (Fsp3) is 0. The topological polar surface area (TPSA) is 21.6 Å². The van der Waals surface area contributed by atoms with Gasteiger partial charge in [0.15, 0.2) is 6.40 Å². The SMILES string of the molecule is [C]1C=COC=N1. The molecule has 0 spiro atoms. The number of ether oxygens (including phenoxy) is 1. The van der Waals surface area contributed by atoms with Crippen molar-refractivity contribution in [1.29, 1.82) is 0 Å². The highest BCUT2D eigenvalue weighted by Gasteiger charge is 1.78. The lowest BCUT2D eigenvalue weighted by Gasteiger charge is -1.89. The Hall–Kier alpha value is -0.790. The third-order valence-corrected chi connectivity index (χ3v) is 0.409. The lowest BCUT2D eigenvalue weighted by molar-refractivity contribution is 0.486. The van der Waals surface area contributed by atoms with E-state index in [-0.39, 0.29) is 0 Å². The maximum Gasteiger partial charge on any atom is 0.176 e. The van der Waals surface area contributed by atoms with E-state index in [0.29, 0.717) is 0 Å². The predicted octanol–water partition coefficient (Wildman–Crippen LogP) is 0.597. The molecule has 0 bridgehead atoms. The summed E-state index contributed by atoms with van der Waals surface area (Å²) >= 11 is 0. The van der Waals surface area contributed by atoms with Gasteiger partial charge in [-0.25, -0.2) is 4.99 Å². The Kier molecular flexibility index (Phi) is 0.906. The van der Waals surface area contributed by atoms with Crippen LogP contribution in [0.4, 0.5) is 0 Å². The highest BCUT2D eigenvalue weighted by Crippen LogP contribution is 1.87. The summed E-state index contributed by atoms with van der Waals surface area (Å²) in [7, 11) is 0. The van der Waals surface area contributed by atoms with Gasteiger partial charge in [-0.3, -0.25) is 0 Å². The van der Waals surface area contributed by atoms with Gasteiger partial charge < -0.3 is 4.74 Å². The first-order valence-electron chi connectivity index (χ1n) is 1.58. The number of hydrogen-bond acceptors (Lipinski definition) is 2. The molecule has 0 aromatic carbocycles. The van der Waals surface area contributed by atoms with Crippen LogP contribution in [0.1, 0.15) is 0 Å². The molecule has 0 aromatic rings. The van der Waals surface area contributed by atoms with Crippen LogP contribution in [0.3, 0.4) is 0 Å². The molecule has 2 heteroatoms. The van der Waals surface area contributed by atoms with Gasteiger partial charge in [0.2, 0.25) is 0 Å². The summed E-state index contributed by atoms with van der Waals surface area (Å²) in [5, 5.41) is 0. The van der Waals surface area contributed by atoms with Crippen LogP contribution in [0.25, 0.3) is 0 Å². The maximum absolute atomic E-state index is 4.53. The molecule has 0 unspecified atom stereocenters. The lowest BCUT2D eigenvalue weighted by atomic mass is 10.6. The van der Waals surface area contributed by atoms with Crippen LogP contribution in [0.5, 0.6) is 0 Å². The summed E-state index contributed by atoms with van der Waals surface area (Å²) in [5.74, 6) is 0. The largest absolute Gasteiger partial charge is 0.454 e. The molecule has 0 fully saturated rings. The summed E-state index contributed by atoms with van der Waals surface area (Å²) in [6.45, 7) is 2.55. The van der Waals surface area contributed by atoms with E-state index in [1.807, 2.05) is 0 Å². The Balaban J connectivity index is 2.40. The van der Waals surface area contributed by atoms with Gasteiger partial charge in [0, 0.05) is 0 Å². The Morgan fingerprint density at radius 1 is 1.67 bits per heavy atom. The molecule has 6 heavy (non-hydrogen) atoms. The molecule has 0 atom stereocenters. The fourth-order valence-corrected chi connectivity index (χ4v) is 0.209. The molecule has 30 valence electrons. The van der Waals surface area contributed by atoms with E-state index in [1.54, 1.807) is 6.08 Å². The van der Waals surface area contributed by atoms with Gasteiger partial charge >= 0.3 is 0 Å². The molecule has 2 radical (unpaired) electrons. The van der Waals surface area contributed by atoms with Gasteiger partial charge in [0.25, 0.3) is 0 Å². The summed E-state index contributed by atoms with van der Waals surface area (Å²) < 4.78 is 4.53. The zero-order valence-electron chi connectivity index (χ0n) is 3.09. The summed E-state index contributed by atoms with van der Waals surface area (Å²) in [5.41, 5.74) is 0. The number of rotatable bonds is 0. The van der Waals surface area contributed by atoms with Crippen LogP contribution < -0.4 is 0 Å². The third kappa shape index (κ3) is 0.578. The number of aliphatic imine (C=N–C) groups is 1. The molecular weight excluding hydrogens is 78.1 g/mol. The fourth-order valence-electron chi connectivity index (χ4n) is 0.209. The molecule has 1 heterocycles. The third-order valence-electron chi connectivity index (χ3n) is 0.409. The predicted molar refractivity (Wildman–Crippen MR) is 22.0 cm³/mol. The minimum Gasteiger partial charge on any atom is -0.454 e. The van der Waals surface area contributed by atoms with Crippen molar-refractivity contribution >= 4 is 6.40 Å². The molecule has 0 aromatic heterocycles. The summed E-state index contributed by atoms with van der Waals surface area (Å²) in [6, 6.07) is 0. The second-order valence-electron chi connectivity index (χ2n) is 0.802. The average Bonchev–Trinajstić information content (AvgIpc) is 1.72. The molecular formula is C4H3NO. The number of nitrogens with zero attached hydrogens (tertiary/aromatic N) is 1. The standard InChI is InChI=1S/C4H3NO/c1-2-5-4-6-3-1/h1,3-4H. The van der Waals surface area contributed by atoms with E-state index in [9.17, 15) is 0 Å². The zero-order chi connectivity index (χ0) is 4.24. The normalized spacial score (nSPS) is 17.3. The Morgan fingerprint density at radius 3 is 2.83 bits per heavy atom. The van der Waals surface area contributed by atoms with E-state index < -0.39 is 0 Å². The van der Waals surface area contributed by atoms with Crippen molar-refractivity contribution in [2.45, 2.75) is 0 Å². The highest BCUT2D eigenvalue weighted by molar-refractivity contribution is 5.49. The van der Waals surface area contributed by atoms with Crippen LogP contribution in [-0.2, 0) is 4.74 Å².